The number of nitrogens with zero attached hydrogens (tertiary/aromatic N) is 6. The van der Waals surface area contributed by atoms with Crippen molar-refractivity contribution in [2.75, 3.05) is 49.5 Å². The van der Waals surface area contributed by atoms with Crippen molar-refractivity contribution in [2.45, 2.75) is 57.8 Å². The fraction of sp³-hybridized carbons (Fsp3) is 0.536. The molecule has 0 spiro atoms. The number of aliphatic hydroxyl groups excluding tert-OH is 1. The highest BCUT2D eigenvalue weighted by molar-refractivity contribution is 7.89. The van der Waals surface area contributed by atoms with Gasteiger partial charge in [-0.3, -0.25) is 14.8 Å². The normalized spacial score (nSPS) is 23.3. The first-order valence-corrected chi connectivity index (χ1v) is 16.7. The predicted molar refractivity (Wildman–Crippen MR) is 169 cm³/mol. The van der Waals surface area contributed by atoms with Crippen molar-refractivity contribution in [3.63, 3.8) is 0 Å². The average Bonchev–Trinajstić information content (AvgIpc) is 3.26. The van der Waals surface area contributed by atoms with Gasteiger partial charge in [0.05, 0.1) is 29.6 Å². The highest BCUT2D eigenvalue weighted by Gasteiger charge is 2.34. The van der Waals surface area contributed by atoms with Crippen LogP contribution in [-0.4, -0.2) is 97.4 Å². The van der Waals surface area contributed by atoms with E-state index in [9.17, 15) is 17.9 Å². The Morgan fingerprint density at radius 2 is 1.98 bits per heavy atom. The summed E-state index contributed by atoms with van der Waals surface area (Å²) in [7, 11) is -3.92. The maximum Gasteiger partial charge on any atom is 0.345 e. The predicted octanol–water partition coefficient (Wildman–Crippen LogP) is 3.53. The zero-order chi connectivity index (χ0) is 30.7. The van der Waals surface area contributed by atoms with Gasteiger partial charge in [0.1, 0.15) is 11.6 Å². The van der Waals surface area contributed by atoms with Gasteiger partial charge in [0.2, 0.25) is 0 Å². The molecule has 0 bridgehead atoms. The van der Waals surface area contributed by atoms with Gasteiger partial charge in [-0.05, 0) is 57.5 Å². The third-order valence-electron chi connectivity index (χ3n) is 7.99. The summed E-state index contributed by atoms with van der Waals surface area (Å²) >= 11 is 12.6. The number of anilines is 2. The number of piperidine rings is 1. The smallest absolute Gasteiger partial charge is 0.345 e. The standard InChI is InChI=1S/C28H37Cl2FN8O3S/c1-3-22-17-38(10-11-39(22)23-6-8-37(9-7-23)16-19-4-5-20(29)12-25(19)31)28-24(30)13-21(15-33-28)34-27-26(32-14-18(2)40)35-43(41,42)36-27/h4-5,12-13,15,18,22-23,40H,3,6-11,14,16-17H2,1-2H3,(H,32,35)(H,34,36)/t18-,22+/m1/s1. The molecule has 0 saturated carbocycles. The van der Waals surface area contributed by atoms with Gasteiger partial charge in [-0.25, -0.2) is 14.1 Å². The first-order chi connectivity index (χ1) is 20.5. The Labute approximate surface area is 262 Å². The Morgan fingerprint density at radius 1 is 1.21 bits per heavy atom. The Bertz CT molecular complexity index is 1480. The third kappa shape index (κ3) is 7.95. The number of rotatable bonds is 8. The van der Waals surface area contributed by atoms with E-state index in [4.69, 9.17) is 23.2 Å². The Balaban J connectivity index is 1.18. The zero-order valence-corrected chi connectivity index (χ0v) is 26.5. The van der Waals surface area contributed by atoms with Gasteiger partial charge in [-0.1, -0.05) is 36.2 Å². The summed E-state index contributed by atoms with van der Waals surface area (Å²) in [6.45, 7) is 8.64. The van der Waals surface area contributed by atoms with Crippen LogP contribution >= 0.6 is 23.2 Å². The molecule has 2 saturated heterocycles. The summed E-state index contributed by atoms with van der Waals surface area (Å²) in [6.07, 6.45) is 3.90. The van der Waals surface area contributed by atoms with Crippen LogP contribution in [0.15, 0.2) is 39.9 Å². The second-order valence-corrected chi connectivity index (χ2v) is 13.4. The van der Waals surface area contributed by atoms with Crippen molar-refractivity contribution in [1.82, 2.24) is 19.5 Å². The van der Waals surface area contributed by atoms with Crippen LogP contribution in [0.3, 0.4) is 0 Å². The van der Waals surface area contributed by atoms with E-state index < -0.39 is 16.3 Å². The molecule has 3 aliphatic heterocycles. The number of aromatic nitrogens is 1. The number of nitrogens with one attached hydrogen (secondary N) is 2. The highest BCUT2D eigenvalue weighted by Crippen LogP contribution is 2.31. The number of hydrogen-bond donors (Lipinski definition) is 3. The number of amidine groups is 2. The molecular formula is C28H37Cl2FN8O3S. The topological polar surface area (TPSA) is 126 Å². The maximum atomic E-state index is 14.3. The lowest BCUT2D eigenvalue weighted by Gasteiger charge is -2.47. The number of piperazine rings is 1. The zero-order valence-electron chi connectivity index (χ0n) is 24.2. The van der Waals surface area contributed by atoms with Crippen molar-refractivity contribution in [1.29, 1.82) is 0 Å². The lowest BCUT2D eigenvalue weighted by Crippen LogP contribution is -2.58. The summed E-state index contributed by atoms with van der Waals surface area (Å²) in [5.74, 6) is 0.449. The molecule has 1 aromatic carbocycles. The van der Waals surface area contributed by atoms with E-state index in [-0.39, 0.29) is 24.0 Å². The van der Waals surface area contributed by atoms with Gasteiger partial charge in [-0.15, -0.1) is 4.40 Å². The van der Waals surface area contributed by atoms with Gasteiger partial charge in [0.25, 0.3) is 0 Å². The van der Waals surface area contributed by atoms with Crippen LogP contribution in [0.1, 0.15) is 38.7 Å². The van der Waals surface area contributed by atoms with Crippen molar-refractivity contribution >= 4 is 56.6 Å². The average molecular weight is 656 g/mol. The number of benzene rings is 1. The summed E-state index contributed by atoms with van der Waals surface area (Å²) in [4.78, 5) is 15.8. The fourth-order valence-electron chi connectivity index (χ4n) is 5.84. The molecule has 0 radical (unpaired) electrons. The number of aliphatic imine (C=N–C) groups is 1. The molecule has 234 valence electrons. The maximum absolute atomic E-state index is 14.3. The summed E-state index contributed by atoms with van der Waals surface area (Å²) < 4.78 is 44.2. The van der Waals surface area contributed by atoms with Gasteiger partial charge < -0.3 is 15.3 Å². The molecule has 2 atom stereocenters. The molecule has 11 nitrogen and oxygen atoms in total. The molecule has 0 unspecified atom stereocenters. The van der Waals surface area contributed by atoms with E-state index in [1.807, 2.05) is 0 Å². The third-order valence-corrected chi connectivity index (χ3v) is 9.38. The van der Waals surface area contributed by atoms with E-state index in [1.165, 1.54) is 6.07 Å². The quantitative estimate of drug-likeness (QED) is 0.395. The number of halogens is 3. The van der Waals surface area contributed by atoms with E-state index >= 15 is 0 Å². The number of pyridine rings is 1. The van der Waals surface area contributed by atoms with Crippen LogP contribution in [0.25, 0.3) is 0 Å². The van der Waals surface area contributed by atoms with Gasteiger partial charge in [0.15, 0.2) is 11.7 Å². The molecule has 0 amide bonds. The van der Waals surface area contributed by atoms with Crippen LogP contribution in [0, 0.1) is 5.82 Å². The molecule has 2 aromatic rings. The van der Waals surface area contributed by atoms with E-state index in [0.717, 1.165) is 52.0 Å². The molecule has 2 fully saturated rings. The highest BCUT2D eigenvalue weighted by atomic mass is 35.5. The monoisotopic (exact) mass is 654 g/mol. The lowest BCUT2D eigenvalue weighted by atomic mass is 9.97. The van der Waals surface area contributed by atoms with Crippen molar-refractivity contribution in [3.8, 4) is 0 Å². The molecule has 0 aliphatic carbocycles. The molecular weight excluding hydrogens is 618 g/mol. The molecule has 5 rings (SSSR count). The minimum Gasteiger partial charge on any atom is -0.391 e. The number of hydrogen-bond acceptors (Lipinski definition) is 9. The van der Waals surface area contributed by atoms with Crippen molar-refractivity contribution in [2.24, 2.45) is 9.39 Å². The molecule has 43 heavy (non-hydrogen) atoms. The number of aliphatic hydroxyl groups is 1. The van der Waals surface area contributed by atoms with E-state index in [2.05, 4.69) is 46.0 Å². The molecule has 3 aliphatic rings. The lowest BCUT2D eigenvalue weighted by molar-refractivity contribution is 0.0607. The first-order valence-electron chi connectivity index (χ1n) is 14.5. The van der Waals surface area contributed by atoms with Crippen LogP contribution in [0.5, 0.6) is 0 Å². The summed E-state index contributed by atoms with van der Waals surface area (Å²) in [5.41, 5.74) is 1.14. The SMILES string of the molecule is CC[C@H]1CN(c2ncc(NC3=NS(=O)(=O)NC3=NC[C@@H](C)O)cc2Cl)CCN1C1CCN(Cc2ccc(Cl)cc2F)CC1. The van der Waals surface area contributed by atoms with Crippen LogP contribution in [0.4, 0.5) is 15.9 Å². The Kier molecular flexibility index (Phi) is 10.1. The van der Waals surface area contributed by atoms with Gasteiger partial charge in [0, 0.05) is 48.8 Å². The van der Waals surface area contributed by atoms with Crippen molar-refractivity contribution < 1.29 is 17.9 Å². The molecule has 15 heteroatoms. The van der Waals surface area contributed by atoms with E-state index in [0.29, 0.717) is 45.7 Å². The van der Waals surface area contributed by atoms with Gasteiger partial charge in [-0.2, -0.15) is 8.42 Å². The molecule has 3 N–H and O–H groups in total. The van der Waals surface area contributed by atoms with Gasteiger partial charge >= 0.3 is 10.2 Å². The second-order valence-electron chi connectivity index (χ2n) is 11.2. The fourth-order valence-corrected chi connectivity index (χ4v) is 7.11. The van der Waals surface area contributed by atoms with Crippen molar-refractivity contribution in [3.05, 3.63) is 51.9 Å². The first kappa shape index (κ1) is 31.9. The Morgan fingerprint density at radius 3 is 2.65 bits per heavy atom. The molecule has 4 heterocycles. The van der Waals surface area contributed by atoms with Crippen LogP contribution in [0.2, 0.25) is 10.0 Å². The minimum atomic E-state index is -3.92. The van der Waals surface area contributed by atoms with E-state index in [1.54, 1.807) is 31.3 Å². The largest absolute Gasteiger partial charge is 0.391 e. The minimum absolute atomic E-state index is 0.00951. The summed E-state index contributed by atoms with van der Waals surface area (Å²) in [6, 6.07) is 7.38. The van der Waals surface area contributed by atoms with Crippen LogP contribution in [-0.2, 0) is 16.8 Å². The van der Waals surface area contributed by atoms with Crippen LogP contribution < -0.4 is 14.9 Å². The number of likely N-dealkylation sites (tertiary alicyclic amines) is 1. The second kappa shape index (κ2) is 13.6. The summed E-state index contributed by atoms with van der Waals surface area (Å²) in [5, 5.41) is 13.3. The Hall–Kier alpha value is -2.55. The molecule has 1 aromatic heterocycles.